The van der Waals surface area contributed by atoms with Gasteiger partial charge in [-0.25, -0.2) is 9.97 Å². The van der Waals surface area contributed by atoms with Gasteiger partial charge in [-0.05, 0) is 53.2 Å². The normalized spacial score (nSPS) is 12.1. The van der Waals surface area contributed by atoms with Crippen LogP contribution in [0.15, 0.2) is 199 Å². The van der Waals surface area contributed by atoms with Crippen molar-refractivity contribution in [2.75, 3.05) is 0 Å². The fourth-order valence-electron chi connectivity index (χ4n) is 9.77. The van der Waals surface area contributed by atoms with Crippen LogP contribution in [0.2, 0.25) is 0 Å². The average Bonchev–Trinajstić information content (AvgIpc) is 4.13. The standard InChI is InChI=1S/C56H32N6OS/c1-2-15-34(16-3-1)53-58-54(35-28-29-40-39-21-8-11-27-48(39)64-49(40)32-35)60-56(59-53)62-46-25-10-7-20-38(46)42-31-30-41-37-19-6-9-24-45(37)61(50(41)51(42)62)47-26-13-23-44-52(47)63-55(57-44)43-22-12-17-33-14-4-5-18-36(33)43/h1-32H. The minimum atomic E-state index is 0.534. The summed E-state index contributed by atoms with van der Waals surface area (Å²) in [7, 11) is 0. The van der Waals surface area contributed by atoms with E-state index < -0.39 is 0 Å². The molecule has 0 aliphatic carbocycles. The number of aromatic nitrogens is 6. The highest BCUT2D eigenvalue weighted by atomic mass is 32.1. The molecule has 0 radical (unpaired) electrons. The molecule has 5 aromatic heterocycles. The highest BCUT2D eigenvalue weighted by Crippen LogP contribution is 2.44. The van der Waals surface area contributed by atoms with Crippen molar-refractivity contribution in [2.24, 2.45) is 0 Å². The highest BCUT2D eigenvalue weighted by Gasteiger charge is 2.25. The van der Waals surface area contributed by atoms with E-state index >= 15 is 0 Å². The molecule has 14 rings (SSSR count). The van der Waals surface area contributed by atoms with E-state index in [0.29, 0.717) is 29.1 Å². The molecule has 0 aliphatic rings. The molecule has 0 aliphatic heterocycles. The number of fused-ring (bicyclic) bond motifs is 12. The zero-order chi connectivity index (χ0) is 41.9. The molecule has 0 amide bonds. The Kier molecular flexibility index (Phi) is 7.43. The van der Waals surface area contributed by atoms with Crippen molar-refractivity contribution >= 4 is 97.0 Å². The summed E-state index contributed by atoms with van der Waals surface area (Å²) in [5.74, 6) is 2.32. The zero-order valence-corrected chi connectivity index (χ0v) is 34.8. The average molecular weight is 837 g/mol. The molecule has 8 heteroatoms. The molecule has 0 fully saturated rings. The number of hydrogen-bond donors (Lipinski definition) is 0. The maximum atomic E-state index is 6.91. The first kappa shape index (κ1) is 35.2. The van der Waals surface area contributed by atoms with Gasteiger partial charge in [-0.3, -0.25) is 4.57 Å². The fourth-order valence-corrected chi connectivity index (χ4v) is 10.9. The molecule has 0 saturated heterocycles. The maximum Gasteiger partial charge on any atom is 0.238 e. The summed E-state index contributed by atoms with van der Waals surface area (Å²) in [6.45, 7) is 0. The first-order chi connectivity index (χ1) is 31.7. The van der Waals surface area contributed by atoms with Crippen LogP contribution in [0.1, 0.15) is 0 Å². The molecule has 0 N–H and O–H groups in total. The Bertz CT molecular complexity index is 4210. The summed E-state index contributed by atoms with van der Waals surface area (Å²) in [5, 5.41) is 9.13. The molecular weight excluding hydrogens is 805 g/mol. The van der Waals surface area contributed by atoms with Crippen LogP contribution in [0.4, 0.5) is 0 Å². The number of para-hydroxylation sites is 3. The molecule has 0 bridgehead atoms. The quantitative estimate of drug-likeness (QED) is 0.173. The predicted octanol–water partition coefficient (Wildman–Crippen LogP) is 14.7. The van der Waals surface area contributed by atoms with Crippen LogP contribution in [-0.2, 0) is 0 Å². The van der Waals surface area contributed by atoms with E-state index in [1.165, 1.54) is 20.2 Å². The lowest BCUT2D eigenvalue weighted by Gasteiger charge is -2.13. The van der Waals surface area contributed by atoms with Crippen molar-refractivity contribution in [1.29, 1.82) is 0 Å². The summed E-state index contributed by atoms with van der Waals surface area (Å²) < 4.78 is 13.9. The van der Waals surface area contributed by atoms with E-state index in [1.54, 1.807) is 11.3 Å². The first-order valence-electron chi connectivity index (χ1n) is 21.3. The van der Waals surface area contributed by atoms with Gasteiger partial charge in [0.05, 0.1) is 27.8 Å². The Labute approximate surface area is 368 Å². The minimum absolute atomic E-state index is 0.534. The number of thiophene rings is 1. The Balaban J connectivity index is 1.08. The molecule has 14 aromatic rings. The van der Waals surface area contributed by atoms with Crippen LogP contribution in [0, 0.1) is 0 Å². The van der Waals surface area contributed by atoms with E-state index in [-0.39, 0.29) is 0 Å². The Morgan fingerprint density at radius 3 is 1.83 bits per heavy atom. The molecule has 0 saturated carbocycles. The van der Waals surface area contributed by atoms with E-state index in [4.69, 9.17) is 24.4 Å². The van der Waals surface area contributed by atoms with Crippen LogP contribution >= 0.6 is 11.3 Å². The SMILES string of the molecule is c1ccc(-c2nc(-c3ccc4c(c3)sc3ccccc34)nc(-n3c4ccccc4c4ccc5c6ccccc6n(-c6cccc7nc(-c8cccc9ccccc89)oc67)c5c43)n2)cc1. The van der Waals surface area contributed by atoms with Crippen molar-refractivity contribution in [3.63, 3.8) is 0 Å². The molecule has 7 nitrogen and oxygen atoms in total. The van der Waals surface area contributed by atoms with Gasteiger partial charge in [-0.2, -0.15) is 9.97 Å². The van der Waals surface area contributed by atoms with Crippen LogP contribution in [-0.4, -0.2) is 29.1 Å². The van der Waals surface area contributed by atoms with Gasteiger partial charge in [0.25, 0.3) is 0 Å². The molecule has 5 heterocycles. The van der Waals surface area contributed by atoms with Crippen molar-refractivity contribution in [2.45, 2.75) is 0 Å². The minimum Gasteiger partial charge on any atom is -0.434 e. The number of oxazole rings is 1. The topological polar surface area (TPSA) is 74.6 Å². The van der Waals surface area contributed by atoms with Gasteiger partial charge in [0.15, 0.2) is 17.2 Å². The monoisotopic (exact) mass is 836 g/mol. The van der Waals surface area contributed by atoms with Crippen molar-refractivity contribution in [1.82, 2.24) is 29.1 Å². The molecule has 64 heavy (non-hydrogen) atoms. The van der Waals surface area contributed by atoms with Crippen LogP contribution in [0.5, 0.6) is 0 Å². The summed E-state index contributed by atoms with van der Waals surface area (Å²) in [4.78, 5) is 21.1. The largest absolute Gasteiger partial charge is 0.434 e. The highest BCUT2D eigenvalue weighted by molar-refractivity contribution is 7.25. The van der Waals surface area contributed by atoms with Gasteiger partial charge in [0.2, 0.25) is 11.8 Å². The van der Waals surface area contributed by atoms with Crippen LogP contribution < -0.4 is 0 Å². The molecule has 0 spiro atoms. The van der Waals surface area contributed by atoms with Gasteiger partial charge in [-0.1, -0.05) is 152 Å². The second-order valence-electron chi connectivity index (χ2n) is 16.2. The summed E-state index contributed by atoms with van der Waals surface area (Å²) in [5.41, 5.74) is 9.22. The predicted molar refractivity (Wildman–Crippen MR) is 263 cm³/mol. The summed E-state index contributed by atoms with van der Waals surface area (Å²) in [6, 6.07) is 67.9. The zero-order valence-electron chi connectivity index (χ0n) is 34.0. The molecular formula is C56H32N6OS. The molecule has 0 unspecified atom stereocenters. The van der Waals surface area contributed by atoms with Gasteiger partial charge in [0.1, 0.15) is 5.52 Å². The lowest BCUT2D eigenvalue weighted by Crippen LogP contribution is -2.07. The van der Waals surface area contributed by atoms with Gasteiger partial charge < -0.3 is 8.98 Å². The van der Waals surface area contributed by atoms with Gasteiger partial charge in [-0.15, -0.1) is 11.3 Å². The second-order valence-corrected chi connectivity index (χ2v) is 17.3. The van der Waals surface area contributed by atoms with Crippen molar-refractivity contribution in [3.8, 4) is 45.9 Å². The third kappa shape index (κ3) is 5.14. The second kappa shape index (κ2) is 13.5. The van der Waals surface area contributed by atoms with Crippen molar-refractivity contribution < 1.29 is 4.42 Å². The molecule has 9 aromatic carbocycles. The number of nitrogens with zero attached hydrogens (tertiary/aromatic N) is 6. The Morgan fingerprint density at radius 1 is 0.406 bits per heavy atom. The fraction of sp³-hybridized carbons (Fsp3) is 0. The lowest BCUT2D eigenvalue weighted by molar-refractivity contribution is 0.619. The van der Waals surface area contributed by atoms with Crippen LogP contribution in [0.3, 0.4) is 0 Å². The number of benzene rings is 9. The first-order valence-corrected chi connectivity index (χ1v) is 22.1. The third-order valence-corrected chi connectivity index (χ3v) is 13.7. The number of rotatable bonds is 5. The summed E-state index contributed by atoms with van der Waals surface area (Å²) in [6.07, 6.45) is 0. The van der Waals surface area contributed by atoms with Gasteiger partial charge >= 0.3 is 0 Å². The van der Waals surface area contributed by atoms with E-state index in [0.717, 1.165) is 82.3 Å². The van der Waals surface area contributed by atoms with E-state index in [1.807, 2.05) is 24.3 Å². The Hall–Kier alpha value is -8.46. The molecule has 298 valence electrons. The van der Waals surface area contributed by atoms with Gasteiger partial charge in [0, 0.05) is 58.4 Å². The third-order valence-electron chi connectivity index (χ3n) is 12.6. The maximum absolute atomic E-state index is 6.91. The Morgan fingerprint density at radius 2 is 1.02 bits per heavy atom. The lowest BCUT2D eigenvalue weighted by atomic mass is 10.0. The van der Waals surface area contributed by atoms with Crippen molar-refractivity contribution in [3.05, 3.63) is 194 Å². The smallest absolute Gasteiger partial charge is 0.238 e. The molecule has 0 atom stereocenters. The van der Waals surface area contributed by atoms with Crippen LogP contribution in [0.25, 0.3) is 132 Å². The summed E-state index contributed by atoms with van der Waals surface area (Å²) >= 11 is 1.79. The van der Waals surface area contributed by atoms with E-state index in [9.17, 15) is 0 Å². The number of hydrogen-bond acceptors (Lipinski definition) is 6. The van der Waals surface area contributed by atoms with E-state index in [2.05, 4.69) is 179 Å².